The number of carbonyl (C=O) groups is 1. The van der Waals surface area contributed by atoms with E-state index in [0.717, 1.165) is 29.7 Å². The van der Waals surface area contributed by atoms with Crippen LogP contribution in [0, 0.1) is 0 Å². The molecule has 130 valence electrons. The number of methoxy groups -OCH3 is 1. The van der Waals surface area contributed by atoms with Gasteiger partial charge in [-0.1, -0.05) is 12.1 Å². The van der Waals surface area contributed by atoms with E-state index in [4.69, 9.17) is 4.74 Å². The molecule has 8 heteroatoms. The number of ether oxygens (including phenoxy) is 1. The zero-order chi connectivity index (χ0) is 14.9. The maximum absolute atomic E-state index is 11.5. The molecule has 0 saturated heterocycles. The van der Waals surface area contributed by atoms with Gasteiger partial charge in [-0.15, -0.1) is 24.8 Å². The highest BCUT2D eigenvalue weighted by Crippen LogP contribution is 2.10. The number of nitrogens with one attached hydrogen (secondary N) is 3. The van der Waals surface area contributed by atoms with Crippen LogP contribution in [0.15, 0.2) is 24.3 Å². The first-order valence-corrected chi connectivity index (χ1v) is 7.19. The molecule has 0 aliphatic heterocycles. The minimum absolute atomic E-state index is 0. The average Bonchev–Trinajstić information content (AvgIpc) is 2.91. The van der Waals surface area contributed by atoms with Crippen LogP contribution in [0.5, 0.6) is 0 Å². The van der Waals surface area contributed by atoms with Crippen molar-refractivity contribution in [2.75, 3.05) is 33.4 Å². The van der Waals surface area contributed by atoms with Crippen molar-refractivity contribution < 1.29 is 9.53 Å². The van der Waals surface area contributed by atoms with E-state index in [2.05, 4.69) is 20.6 Å². The highest BCUT2D eigenvalue weighted by Gasteiger charge is 2.03. The third-order valence-electron chi connectivity index (χ3n) is 3.12. The zero-order valence-electron chi connectivity index (χ0n) is 13.1. The molecule has 1 heterocycles. The molecule has 1 aromatic carbocycles. The number of hydrogen-bond donors (Lipinski definition) is 3. The maximum Gasteiger partial charge on any atom is 0.233 e. The number of aromatic amines is 1. The van der Waals surface area contributed by atoms with Gasteiger partial charge < -0.3 is 20.4 Å². The van der Waals surface area contributed by atoms with Gasteiger partial charge in [0.1, 0.15) is 5.82 Å². The number of nitrogens with zero attached hydrogens (tertiary/aromatic N) is 1. The van der Waals surface area contributed by atoms with Crippen LogP contribution in [-0.2, 0) is 16.0 Å². The van der Waals surface area contributed by atoms with E-state index >= 15 is 0 Å². The molecular weight excluding hydrogens is 339 g/mol. The first kappa shape index (κ1) is 21.7. The van der Waals surface area contributed by atoms with Crippen LogP contribution in [0.4, 0.5) is 0 Å². The van der Waals surface area contributed by atoms with Crippen LogP contribution in [0.3, 0.4) is 0 Å². The number of H-pyrrole nitrogens is 1. The predicted molar refractivity (Wildman–Crippen MR) is 96.7 cm³/mol. The summed E-state index contributed by atoms with van der Waals surface area (Å²) in [6, 6.07) is 7.97. The number of halogens is 2. The largest absolute Gasteiger partial charge is 0.383 e. The number of carbonyl (C=O) groups excluding carboxylic acids is 1. The van der Waals surface area contributed by atoms with Gasteiger partial charge in [0, 0.05) is 26.6 Å². The van der Waals surface area contributed by atoms with Gasteiger partial charge >= 0.3 is 0 Å². The second-order valence-electron chi connectivity index (χ2n) is 4.82. The van der Waals surface area contributed by atoms with Gasteiger partial charge in [0.15, 0.2) is 0 Å². The van der Waals surface area contributed by atoms with Gasteiger partial charge in [0.25, 0.3) is 0 Å². The molecule has 0 radical (unpaired) electrons. The Kier molecular flexibility index (Phi) is 11.4. The SMILES string of the molecule is COCCNCC(=O)NCCCc1nc2ccccc2[nH]1.Cl.Cl. The summed E-state index contributed by atoms with van der Waals surface area (Å²) in [5.41, 5.74) is 2.04. The fraction of sp³-hybridized carbons (Fsp3) is 0.467. The third-order valence-corrected chi connectivity index (χ3v) is 3.12. The van der Waals surface area contributed by atoms with Gasteiger partial charge in [-0.25, -0.2) is 4.98 Å². The summed E-state index contributed by atoms with van der Waals surface area (Å²) < 4.78 is 4.89. The van der Waals surface area contributed by atoms with E-state index < -0.39 is 0 Å². The molecule has 0 atom stereocenters. The van der Waals surface area contributed by atoms with Gasteiger partial charge in [0.05, 0.1) is 24.2 Å². The summed E-state index contributed by atoms with van der Waals surface area (Å²) in [5.74, 6) is 0.972. The number of benzene rings is 1. The van der Waals surface area contributed by atoms with Crippen molar-refractivity contribution in [1.82, 2.24) is 20.6 Å². The van der Waals surface area contributed by atoms with Crippen molar-refractivity contribution in [2.45, 2.75) is 12.8 Å². The summed E-state index contributed by atoms with van der Waals surface area (Å²) in [5, 5.41) is 5.89. The van der Waals surface area contributed by atoms with Crippen molar-refractivity contribution in [3.05, 3.63) is 30.1 Å². The molecule has 23 heavy (non-hydrogen) atoms. The highest BCUT2D eigenvalue weighted by atomic mass is 35.5. The molecule has 0 aliphatic rings. The van der Waals surface area contributed by atoms with E-state index in [0.29, 0.717) is 26.2 Å². The maximum atomic E-state index is 11.5. The number of fused-ring (bicyclic) bond motifs is 1. The smallest absolute Gasteiger partial charge is 0.233 e. The lowest BCUT2D eigenvalue weighted by Gasteiger charge is -2.05. The van der Waals surface area contributed by atoms with Crippen LogP contribution in [-0.4, -0.2) is 49.2 Å². The second kappa shape index (κ2) is 12.1. The molecular formula is C15H24Cl2N4O2. The molecule has 0 spiro atoms. The number of para-hydroxylation sites is 2. The van der Waals surface area contributed by atoms with Crippen LogP contribution < -0.4 is 10.6 Å². The average molecular weight is 363 g/mol. The fourth-order valence-electron chi connectivity index (χ4n) is 2.05. The Bertz CT molecular complexity index is 544. The Morgan fingerprint density at radius 2 is 2.04 bits per heavy atom. The van der Waals surface area contributed by atoms with Crippen LogP contribution >= 0.6 is 24.8 Å². The Labute approximate surface area is 148 Å². The second-order valence-corrected chi connectivity index (χ2v) is 4.82. The molecule has 2 aromatic rings. The quantitative estimate of drug-likeness (QED) is 0.593. The van der Waals surface area contributed by atoms with Gasteiger partial charge in [-0.2, -0.15) is 0 Å². The molecule has 6 nitrogen and oxygen atoms in total. The lowest BCUT2D eigenvalue weighted by atomic mass is 10.3. The molecule has 1 amide bonds. The van der Waals surface area contributed by atoms with Crippen molar-refractivity contribution in [2.24, 2.45) is 0 Å². The van der Waals surface area contributed by atoms with E-state index in [1.807, 2.05) is 24.3 Å². The molecule has 3 N–H and O–H groups in total. The standard InChI is InChI=1S/C15H22N4O2.2ClH/c1-21-10-9-16-11-15(20)17-8-4-7-14-18-12-5-2-3-6-13(12)19-14;;/h2-3,5-6,16H,4,7-11H2,1H3,(H,17,20)(H,18,19);2*1H. The molecule has 0 fully saturated rings. The van der Waals surface area contributed by atoms with Gasteiger partial charge in [0.2, 0.25) is 5.91 Å². The monoisotopic (exact) mass is 362 g/mol. The van der Waals surface area contributed by atoms with E-state index in [-0.39, 0.29) is 30.7 Å². The minimum Gasteiger partial charge on any atom is -0.383 e. The normalized spacial score (nSPS) is 9.96. The number of imidazole rings is 1. The van der Waals surface area contributed by atoms with Crippen molar-refractivity contribution >= 4 is 41.8 Å². The lowest BCUT2D eigenvalue weighted by molar-refractivity contribution is -0.120. The van der Waals surface area contributed by atoms with E-state index in [1.165, 1.54) is 0 Å². The highest BCUT2D eigenvalue weighted by molar-refractivity contribution is 5.85. The van der Waals surface area contributed by atoms with E-state index in [9.17, 15) is 4.79 Å². The summed E-state index contributed by atoms with van der Waals surface area (Å²) in [6.07, 6.45) is 1.69. The molecule has 2 rings (SSSR count). The molecule has 0 unspecified atom stereocenters. The molecule has 1 aromatic heterocycles. The molecule has 0 aliphatic carbocycles. The Morgan fingerprint density at radius 1 is 1.26 bits per heavy atom. The predicted octanol–water partition coefficient (Wildman–Crippen LogP) is 1.69. The first-order chi connectivity index (χ1) is 10.3. The van der Waals surface area contributed by atoms with Gasteiger partial charge in [-0.05, 0) is 18.6 Å². The molecule has 0 bridgehead atoms. The number of aryl methyl sites for hydroxylation is 1. The number of hydrogen-bond acceptors (Lipinski definition) is 4. The first-order valence-electron chi connectivity index (χ1n) is 7.19. The van der Waals surface area contributed by atoms with Crippen molar-refractivity contribution in [3.8, 4) is 0 Å². The zero-order valence-corrected chi connectivity index (χ0v) is 14.8. The molecule has 0 saturated carbocycles. The summed E-state index contributed by atoms with van der Waals surface area (Å²) in [6.45, 7) is 2.28. The van der Waals surface area contributed by atoms with Crippen LogP contribution in [0.25, 0.3) is 11.0 Å². The van der Waals surface area contributed by atoms with Crippen molar-refractivity contribution in [1.29, 1.82) is 0 Å². The van der Waals surface area contributed by atoms with Crippen LogP contribution in [0.2, 0.25) is 0 Å². The fourth-order valence-corrected chi connectivity index (χ4v) is 2.05. The number of amides is 1. The third kappa shape index (κ3) is 7.65. The van der Waals surface area contributed by atoms with E-state index in [1.54, 1.807) is 7.11 Å². The van der Waals surface area contributed by atoms with Crippen LogP contribution in [0.1, 0.15) is 12.2 Å². The summed E-state index contributed by atoms with van der Waals surface area (Å²) in [7, 11) is 1.64. The summed E-state index contributed by atoms with van der Waals surface area (Å²) >= 11 is 0. The summed E-state index contributed by atoms with van der Waals surface area (Å²) in [4.78, 5) is 19.3. The number of rotatable bonds is 9. The minimum atomic E-state index is 0. The van der Waals surface area contributed by atoms with Gasteiger partial charge in [-0.3, -0.25) is 4.79 Å². The Balaban J connectivity index is 0.00000242. The number of aromatic nitrogens is 2. The van der Waals surface area contributed by atoms with Crippen molar-refractivity contribution in [3.63, 3.8) is 0 Å². The topological polar surface area (TPSA) is 79.0 Å². The Morgan fingerprint density at radius 3 is 2.78 bits per heavy atom. The Hall–Kier alpha value is -1.34. The lowest BCUT2D eigenvalue weighted by Crippen LogP contribution is -2.35.